The molecule has 4 aromatic rings. The average Bonchev–Trinajstić information content (AvgIpc) is 3.25. The zero-order chi connectivity index (χ0) is 25.9. The van der Waals surface area contributed by atoms with Crippen molar-refractivity contribution in [3.63, 3.8) is 0 Å². The second-order valence-electron chi connectivity index (χ2n) is 9.80. The Balaban J connectivity index is 1.47. The molecule has 1 aliphatic rings. The van der Waals surface area contributed by atoms with Gasteiger partial charge in [-0.25, -0.2) is 9.59 Å². The number of benzene rings is 3. The van der Waals surface area contributed by atoms with Crippen LogP contribution in [0.2, 0.25) is 5.02 Å². The number of hydrogen-bond acceptors (Lipinski definition) is 3. The van der Waals surface area contributed by atoms with Gasteiger partial charge in [-0.15, -0.1) is 0 Å². The first-order valence-corrected chi connectivity index (χ1v) is 13.0. The first-order valence-electron chi connectivity index (χ1n) is 12.6. The van der Waals surface area contributed by atoms with E-state index in [0.717, 1.165) is 22.2 Å². The maximum absolute atomic E-state index is 12.9. The molecule has 0 aliphatic carbocycles. The van der Waals surface area contributed by atoms with E-state index in [1.807, 2.05) is 71.3 Å². The minimum atomic E-state index is -0.923. The van der Waals surface area contributed by atoms with Gasteiger partial charge in [-0.3, -0.25) is 9.47 Å². The molecule has 2 N–H and O–H groups in total. The van der Waals surface area contributed by atoms with E-state index in [1.54, 1.807) is 4.90 Å². The molecule has 0 saturated carbocycles. The lowest BCUT2D eigenvalue weighted by molar-refractivity contribution is 0.0374. The number of para-hydroxylation sites is 2. The Morgan fingerprint density at radius 1 is 1.03 bits per heavy atom. The Hall–Kier alpha value is -3.55. The molecule has 192 valence electrons. The van der Waals surface area contributed by atoms with E-state index in [2.05, 4.69) is 28.9 Å². The summed E-state index contributed by atoms with van der Waals surface area (Å²) in [5, 5.41) is 10.8. The zero-order valence-electron chi connectivity index (χ0n) is 20.8. The maximum Gasteiger partial charge on any atom is 0.407 e. The number of piperidine rings is 1. The minimum Gasteiger partial charge on any atom is -0.465 e. The number of carbonyl (C=O) groups is 1. The molecular formula is C29H31ClN4O3. The van der Waals surface area contributed by atoms with Crippen molar-refractivity contribution >= 4 is 28.7 Å². The van der Waals surface area contributed by atoms with Gasteiger partial charge >= 0.3 is 11.8 Å². The summed E-state index contributed by atoms with van der Waals surface area (Å²) in [6.07, 6.45) is 0.224. The zero-order valence-corrected chi connectivity index (χ0v) is 21.5. The molecule has 37 heavy (non-hydrogen) atoms. The second kappa shape index (κ2) is 10.8. The fourth-order valence-corrected chi connectivity index (χ4v) is 5.70. The van der Waals surface area contributed by atoms with Crippen molar-refractivity contribution in [2.24, 2.45) is 0 Å². The highest BCUT2D eigenvalue weighted by Crippen LogP contribution is 2.32. The molecule has 3 aromatic carbocycles. The van der Waals surface area contributed by atoms with Crippen LogP contribution in [0.4, 0.5) is 4.79 Å². The molecular weight excluding hydrogens is 488 g/mol. The maximum atomic E-state index is 12.9. The molecule has 1 aliphatic heterocycles. The van der Waals surface area contributed by atoms with Crippen LogP contribution in [0.1, 0.15) is 36.9 Å². The Bertz CT molecular complexity index is 1420. The third-order valence-electron chi connectivity index (χ3n) is 7.51. The number of imidazole rings is 1. The lowest BCUT2D eigenvalue weighted by Gasteiger charge is -2.44. The van der Waals surface area contributed by atoms with Gasteiger partial charge in [-0.05, 0) is 55.2 Å². The van der Waals surface area contributed by atoms with Crippen molar-refractivity contribution < 1.29 is 9.90 Å². The van der Waals surface area contributed by atoms with Crippen LogP contribution in [0.3, 0.4) is 0 Å². The van der Waals surface area contributed by atoms with Crippen LogP contribution in [-0.2, 0) is 13.1 Å². The first kappa shape index (κ1) is 25.1. The molecule has 2 heterocycles. The number of aromatic nitrogens is 2. The van der Waals surface area contributed by atoms with E-state index < -0.39 is 6.09 Å². The van der Waals surface area contributed by atoms with Crippen molar-refractivity contribution in [2.75, 3.05) is 6.54 Å². The van der Waals surface area contributed by atoms with Crippen LogP contribution in [0.15, 0.2) is 83.7 Å². The quantitative estimate of drug-likeness (QED) is 0.326. The van der Waals surface area contributed by atoms with E-state index in [9.17, 15) is 14.7 Å². The van der Waals surface area contributed by atoms with Crippen LogP contribution in [-0.4, -0.2) is 49.2 Å². The molecule has 0 bridgehead atoms. The molecule has 1 fully saturated rings. The van der Waals surface area contributed by atoms with E-state index in [4.69, 9.17) is 11.6 Å². The Morgan fingerprint density at radius 2 is 1.68 bits per heavy atom. The number of likely N-dealkylation sites (tertiary alicyclic amines) is 1. The summed E-state index contributed by atoms with van der Waals surface area (Å²) in [5.74, 6) is 0. The summed E-state index contributed by atoms with van der Waals surface area (Å²) in [5.41, 5.74) is 3.77. The number of hydrogen-bond donors (Lipinski definition) is 2. The molecule has 1 saturated heterocycles. The van der Waals surface area contributed by atoms with Crippen LogP contribution < -0.4 is 5.69 Å². The van der Waals surface area contributed by atoms with Crippen molar-refractivity contribution in [2.45, 2.75) is 51.0 Å². The number of nitrogens with zero attached hydrogens (tertiary/aromatic N) is 3. The summed E-state index contributed by atoms with van der Waals surface area (Å²) >= 11 is 6.12. The standard InChI is InChI=1S/C29H31ClN4O3/c1-20(32(18-21-7-3-2-4-8-21)19-22-11-13-23(30)14-12-22)27-17-24(15-16-33(27)29(36)37)34-26-10-6-5-9-25(26)31-28(34)35/h2-14,20,24,27H,15-19H2,1H3,(H,31,35)(H,36,37). The van der Waals surface area contributed by atoms with Crippen molar-refractivity contribution in [3.8, 4) is 0 Å². The number of fused-ring (bicyclic) bond motifs is 1. The van der Waals surface area contributed by atoms with Crippen LogP contribution >= 0.6 is 11.6 Å². The number of amides is 1. The summed E-state index contributed by atoms with van der Waals surface area (Å²) < 4.78 is 1.81. The highest BCUT2D eigenvalue weighted by molar-refractivity contribution is 6.30. The molecule has 0 spiro atoms. The summed E-state index contributed by atoms with van der Waals surface area (Å²) in [4.78, 5) is 32.1. The van der Waals surface area contributed by atoms with Crippen LogP contribution in [0.25, 0.3) is 11.0 Å². The fourth-order valence-electron chi connectivity index (χ4n) is 5.57. The van der Waals surface area contributed by atoms with Gasteiger partial charge in [0.05, 0.1) is 17.1 Å². The Labute approximate surface area is 220 Å². The monoisotopic (exact) mass is 518 g/mol. The molecule has 0 radical (unpaired) electrons. The van der Waals surface area contributed by atoms with Crippen molar-refractivity contribution in [1.29, 1.82) is 0 Å². The number of rotatable bonds is 7. The summed E-state index contributed by atoms with van der Waals surface area (Å²) in [7, 11) is 0. The fraction of sp³-hybridized carbons (Fsp3) is 0.310. The minimum absolute atomic E-state index is 0.0965. The molecule has 1 aromatic heterocycles. The van der Waals surface area contributed by atoms with E-state index >= 15 is 0 Å². The normalized spacial score (nSPS) is 18.8. The SMILES string of the molecule is CC(C1CC(n2c(=O)[nH]c3ccccc32)CCN1C(=O)O)N(Cc1ccccc1)Cc1ccc(Cl)cc1. The molecule has 8 heteroatoms. The number of H-pyrrole nitrogens is 1. The second-order valence-corrected chi connectivity index (χ2v) is 10.2. The van der Waals surface area contributed by atoms with Gasteiger partial charge in [-0.1, -0.05) is 66.2 Å². The highest BCUT2D eigenvalue weighted by Gasteiger charge is 2.38. The summed E-state index contributed by atoms with van der Waals surface area (Å²) in [6, 6.07) is 25.2. The highest BCUT2D eigenvalue weighted by atomic mass is 35.5. The Morgan fingerprint density at radius 3 is 2.38 bits per heavy atom. The molecule has 3 unspecified atom stereocenters. The third-order valence-corrected chi connectivity index (χ3v) is 7.76. The van der Waals surface area contributed by atoms with Gasteiger partial charge in [0.15, 0.2) is 0 Å². The van der Waals surface area contributed by atoms with Crippen molar-refractivity contribution in [3.05, 3.63) is 105 Å². The van der Waals surface area contributed by atoms with Crippen molar-refractivity contribution in [1.82, 2.24) is 19.4 Å². The first-order chi connectivity index (χ1) is 17.9. The molecule has 7 nitrogen and oxygen atoms in total. The van der Waals surface area contributed by atoms with Gasteiger partial charge in [0.25, 0.3) is 0 Å². The molecule has 5 rings (SSSR count). The lowest BCUT2D eigenvalue weighted by atomic mass is 9.91. The van der Waals surface area contributed by atoms with E-state index in [-0.39, 0.29) is 23.8 Å². The topological polar surface area (TPSA) is 81.6 Å². The van der Waals surface area contributed by atoms with Crippen LogP contribution in [0.5, 0.6) is 0 Å². The van der Waals surface area contributed by atoms with Gasteiger partial charge in [-0.2, -0.15) is 0 Å². The van der Waals surface area contributed by atoms with E-state index in [0.29, 0.717) is 37.5 Å². The predicted molar refractivity (Wildman–Crippen MR) is 146 cm³/mol. The number of aromatic amines is 1. The predicted octanol–water partition coefficient (Wildman–Crippen LogP) is 5.76. The largest absolute Gasteiger partial charge is 0.465 e. The van der Waals surface area contributed by atoms with Crippen LogP contribution in [0, 0.1) is 0 Å². The number of nitrogens with one attached hydrogen (secondary N) is 1. The van der Waals surface area contributed by atoms with Gasteiger partial charge in [0, 0.05) is 36.7 Å². The third kappa shape index (κ3) is 5.43. The number of halogens is 1. The summed E-state index contributed by atoms with van der Waals surface area (Å²) in [6.45, 7) is 3.79. The average molecular weight is 519 g/mol. The smallest absolute Gasteiger partial charge is 0.407 e. The molecule has 1 amide bonds. The van der Waals surface area contributed by atoms with Gasteiger partial charge in [0.1, 0.15) is 0 Å². The van der Waals surface area contributed by atoms with E-state index in [1.165, 1.54) is 0 Å². The Kier molecular flexibility index (Phi) is 7.35. The molecule has 3 atom stereocenters. The lowest BCUT2D eigenvalue weighted by Crippen LogP contribution is -2.55. The number of carboxylic acid groups (broad SMARTS) is 1. The van der Waals surface area contributed by atoms with Gasteiger partial charge in [0.2, 0.25) is 0 Å². The van der Waals surface area contributed by atoms with Gasteiger partial charge < -0.3 is 15.0 Å².